The Kier molecular flexibility index (Phi) is 6.11. The molecule has 36 heavy (non-hydrogen) atoms. The highest BCUT2D eigenvalue weighted by Gasteiger charge is 2.26. The summed E-state index contributed by atoms with van der Waals surface area (Å²) in [5.74, 6) is -0.218. The van der Waals surface area contributed by atoms with Crippen LogP contribution in [-0.4, -0.2) is 10.9 Å². The second-order valence-electron chi connectivity index (χ2n) is 8.47. The van der Waals surface area contributed by atoms with Crippen LogP contribution in [0.4, 0.5) is 22.2 Å². The number of hydrogen-bond donors (Lipinski definition) is 3. The van der Waals surface area contributed by atoms with Crippen molar-refractivity contribution in [2.75, 3.05) is 16.4 Å². The molecule has 0 aliphatic carbocycles. The molecule has 1 amide bonds. The molecule has 5 rings (SSSR count). The number of amides is 1. The summed E-state index contributed by atoms with van der Waals surface area (Å²) in [5.41, 5.74) is 12.6. The molecule has 0 aliphatic heterocycles. The van der Waals surface area contributed by atoms with Gasteiger partial charge in [0.1, 0.15) is 28.0 Å². The zero-order chi connectivity index (χ0) is 25.2. The van der Waals surface area contributed by atoms with E-state index in [1.807, 2.05) is 92.7 Å². The number of para-hydroxylation sites is 2. The molecular formula is C29H23N5OS. The molecule has 0 unspecified atom stereocenters. The largest absolute Gasteiger partial charge is 0.383 e. The zero-order valence-electron chi connectivity index (χ0n) is 19.8. The van der Waals surface area contributed by atoms with Gasteiger partial charge in [0.2, 0.25) is 0 Å². The fourth-order valence-corrected chi connectivity index (χ4v) is 5.30. The standard InChI is InChI=1S/C29H23N5OS/c1-17-12-14-19(15-13-17)23-21(16-30)27(31)34-25-24(28(35)32-20-9-4-3-5-10-20)29(36-26(23)25)33-22-11-7-6-8-18(22)2/h3-15,33H,1-2H3,(H2,31,34)(H,32,35). The van der Waals surface area contributed by atoms with Crippen molar-refractivity contribution in [2.45, 2.75) is 13.8 Å². The van der Waals surface area contributed by atoms with E-state index in [1.165, 1.54) is 11.3 Å². The first-order chi connectivity index (χ1) is 17.5. The summed E-state index contributed by atoms with van der Waals surface area (Å²) >= 11 is 1.39. The number of carbonyl (C=O) groups is 1. The van der Waals surface area contributed by atoms with Gasteiger partial charge in [-0.3, -0.25) is 4.79 Å². The highest BCUT2D eigenvalue weighted by Crippen LogP contribution is 2.44. The number of nitrogens with one attached hydrogen (secondary N) is 2. The summed E-state index contributed by atoms with van der Waals surface area (Å²) in [6, 6.07) is 27.2. The predicted octanol–water partition coefficient (Wildman–Crippen LogP) is 7.03. The average Bonchev–Trinajstić information content (AvgIpc) is 3.23. The van der Waals surface area contributed by atoms with E-state index < -0.39 is 0 Å². The Morgan fingerprint density at radius 3 is 2.36 bits per heavy atom. The lowest BCUT2D eigenvalue weighted by atomic mass is 9.99. The number of nitrogen functional groups attached to an aromatic ring is 1. The van der Waals surface area contributed by atoms with Gasteiger partial charge in [-0.25, -0.2) is 4.98 Å². The Morgan fingerprint density at radius 2 is 1.67 bits per heavy atom. The molecule has 5 aromatic rings. The van der Waals surface area contributed by atoms with Crippen LogP contribution in [0.1, 0.15) is 27.0 Å². The van der Waals surface area contributed by atoms with Crippen molar-refractivity contribution in [2.24, 2.45) is 0 Å². The molecule has 3 aromatic carbocycles. The molecule has 4 N–H and O–H groups in total. The number of aryl methyl sites for hydroxylation is 2. The number of carbonyl (C=O) groups excluding carboxylic acids is 1. The van der Waals surface area contributed by atoms with Gasteiger partial charge in [-0.1, -0.05) is 66.2 Å². The van der Waals surface area contributed by atoms with Crippen LogP contribution in [0.2, 0.25) is 0 Å². The van der Waals surface area contributed by atoms with E-state index in [0.29, 0.717) is 32.9 Å². The van der Waals surface area contributed by atoms with Crippen LogP contribution >= 0.6 is 11.3 Å². The number of anilines is 4. The normalized spacial score (nSPS) is 10.7. The Labute approximate surface area is 213 Å². The first-order valence-corrected chi connectivity index (χ1v) is 12.2. The third kappa shape index (κ3) is 4.26. The molecule has 0 spiro atoms. The van der Waals surface area contributed by atoms with Crippen molar-refractivity contribution >= 4 is 49.7 Å². The lowest BCUT2D eigenvalue weighted by molar-refractivity contribution is 0.102. The fourth-order valence-electron chi connectivity index (χ4n) is 4.07. The number of nitrogens with zero attached hydrogens (tertiary/aromatic N) is 2. The molecule has 6 nitrogen and oxygen atoms in total. The van der Waals surface area contributed by atoms with Crippen LogP contribution in [0.5, 0.6) is 0 Å². The molecule has 0 saturated heterocycles. The Morgan fingerprint density at radius 1 is 0.972 bits per heavy atom. The summed E-state index contributed by atoms with van der Waals surface area (Å²) in [6.45, 7) is 4.01. The van der Waals surface area contributed by atoms with E-state index in [0.717, 1.165) is 27.1 Å². The number of rotatable bonds is 5. The quantitative estimate of drug-likeness (QED) is 0.246. The molecule has 0 bridgehead atoms. The maximum atomic E-state index is 13.7. The van der Waals surface area contributed by atoms with Crippen molar-refractivity contribution in [1.29, 1.82) is 5.26 Å². The first-order valence-electron chi connectivity index (χ1n) is 11.4. The molecule has 2 heterocycles. The second kappa shape index (κ2) is 9.53. The van der Waals surface area contributed by atoms with Gasteiger partial charge >= 0.3 is 0 Å². The van der Waals surface area contributed by atoms with Crippen LogP contribution < -0.4 is 16.4 Å². The van der Waals surface area contributed by atoms with E-state index in [2.05, 4.69) is 21.7 Å². The molecule has 0 atom stereocenters. The number of hydrogen-bond acceptors (Lipinski definition) is 6. The van der Waals surface area contributed by atoms with Crippen molar-refractivity contribution in [3.8, 4) is 17.2 Å². The summed E-state index contributed by atoms with van der Waals surface area (Å²) < 4.78 is 0.721. The summed E-state index contributed by atoms with van der Waals surface area (Å²) in [7, 11) is 0. The van der Waals surface area contributed by atoms with Gasteiger partial charge in [-0.15, -0.1) is 11.3 Å². The van der Waals surface area contributed by atoms with Crippen molar-refractivity contribution in [3.63, 3.8) is 0 Å². The van der Waals surface area contributed by atoms with Gasteiger partial charge in [0.15, 0.2) is 0 Å². The van der Waals surface area contributed by atoms with Gasteiger partial charge in [0.25, 0.3) is 5.91 Å². The monoisotopic (exact) mass is 489 g/mol. The minimum absolute atomic E-state index is 0.0922. The fraction of sp³-hybridized carbons (Fsp3) is 0.0690. The van der Waals surface area contributed by atoms with E-state index >= 15 is 0 Å². The zero-order valence-corrected chi connectivity index (χ0v) is 20.6. The second-order valence-corrected chi connectivity index (χ2v) is 9.49. The lowest BCUT2D eigenvalue weighted by Gasteiger charge is -2.11. The van der Waals surface area contributed by atoms with Crippen LogP contribution in [0, 0.1) is 25.2 Å². The Balaban J connectivity index is 1.77. The highest BCUT2D eigenvalue weighted by molar-refractivity contribution is 7.24. The van der Waals surface area contributed by atoms with Gasteiger partial charge in [0.05, 0.1) is 10.2 Å². The minimum atomic E-state index is -0.310. The number of pyridine rings is 1. The number of fused-ring (bicyclic) bond motifs is 1. The Hall–Kier alpha value is -4.67. The molecule has 2 aromatic heterocycles. The third-order valence-electron chi connectivity index (χ3n) is 5.95. The minimum Gasteiger partial charge on any atom is -0.383 e. The van der Waals surface area contributed by atoms with E-state index in [-0.39, 0.29) is 11.7 Å². The smallest absolute Gasteiger partial charge is 0.260 e. The number of nitriles is 1. The average molecular weight is 490 g/mol. The topological polar surface area (TPSA) is 104 Å². The van der Waals surface area contributed by atoms with Gasteiger partial charge in [-0.2, -0.15) is 5.26 Å². The van der Waals surface area contributed by atoms with Gasteiger partial charge < -0.3 is 16.4 Å². The number of thiophene rings is 1. The van der Waals surface area contributed by atoms with Crippen molar-refractivity contribution in [1.82, 2.24) is 4.98 Å². The maximum absolute atomic E-state index is 13.7. The van der Waals surface area contributed by atoms with E-state index in [1.54, 1.807) is 0 Å². The number of benzene rings is 3. The molecule has 0 fully saturated rings. The van der Waals surface area contributed by atoms with Crippen molar-refractivity contribution in [3.05, 3.63) is 101 Å². The summed E-state index contributed by atoms with van der Waals surface area (Å²) in [4.78, 5) is 18.2. The third-order valence-corrected chi connectivity index (χ3v) is 7.06. The van der Waals surface area contributed by atoms with Crippen LogP contribution in [0.15, 0.2) is 78.9 Å². The number of nitrogens with two attached hydrogens (primary N) is 1. The first kappa shape index (κ1) is 23.1. The lowest BCUT2D eigenvalue weighted by Crippen LogP contribution is -2.13. The van der Waals surface area contributed by atoms with Crippen LogP contribution in [0.3, 0.4) is 0 Å². The molecule has 176 valence electrons. The maximum Gasteiger partial charge on any atom is 0.260 e. The van der Waals surface area contributed by atoms with E-state index in [4.69, 9.17) is 5.73 Å². The molecule has 7 heteroatoms. The van der Waals surface area contributed by atoms with Crippen molar-refractivity contribution < 1.29 is 4.79 Å². The van der Waals surface area contributed by atoms with Crippen LogP contribution in [0.25, 0.3) is 21.3 Å². The summed E-state index contributed by atoms with van der Waals surface area (Å²) in [6.07, 6.45) is 0. The molecule has 0 saturated carbocycles. The van der Waals surface area contributed by atoms with Gasteiger partial charge in [0, 0.05) is 16.9 Å². The van der Waals surface area contributed by atoms with E-state index in [9.17, 15) is 10.1 Å². The summed E-state index contributed by atoms with van der Waals surface area (Å²) in [5, 5.41) is 17.0. The molecule has 0 aliphatic rings. The van der Waals surface area contributed by atoms with Gasteiger partial charge in [-0.05, 0) is 43.2 Å². The molecular weight excluding hydrogens is 466 g/mol. The molecule has 0 radical (unpaired) electrons. The highest BCUT2D eigenvalue weighted by atomic mass is 32.1. The predicted molar refractivity (Wildman–Crippen MR) is 148 cm³/mol. The van der Waals surface area contributed by atoms with Crippen LogP contribution in [-0.2, 0) is 0 Å². The Bertz CT molecular complexity index is 1630. The number of aromatic nitrogens is 1. The SMILES string of the molecule is Cc1ccc(-c2c(C#N)c(N)nc3c(C(=O)Nc4ccccc4)c(Nc4ccccc4C)sc23)cc1.